The van der Waals surface area contributed by atoms with Crippen molar-refractivity contribution in [3.05, 3.63) is 29.8 Å². The zero-order chi connectivity index (χ0) is 8.55. The quantitative estimate of drug-likeness (QED) is 0.632. The second-order valence-electron chi connectivity index (χ2n) is 3.38. The Balaban J connectivity index is 2.40. The van der Waals surface area contributed by atoms with Crippen LogP contribution in [0.1, 0.15) is 31.7 Å². The molecule has 0 nitrogen and oxygen atoms in total. The average molecular weight is 178 g/mol. The third kappa shape index (κ3) is 1.16. The number of rotatable bonds is 1. The van der Waals surface area contributed by atoms with E-state index in [9.17, 15) is 0 Å². The molecule has 1 aromatic rings. The topological polar surface area (TPSA) is 0 Å². The van der Waals surface area contributed by atoms with E-state index < -0.39 is 0 Å². The molecule has 0 fully saturated rings. The molecule has 2 rings (SSSR count). The summed E-state index contributed by atoms with van der Waals surface area (Å²) in [7, 11) is 0. The summed E-state index contributed by atoms with van der Waals surface area (Å²) in [5.74, 6) is 0.784. The summed E-state index contributed by atoms with van der Waals surface area (Å²) in [5.41, 5.74) is 1.57. The normalized spacial score (nSPS) is 27.2. The standard InChI is InChI=1S/C11H14S/c1-3-9-8(2)12-11-7-5-4-6-10(9)11/h4-9H,3H2,1-2H3. The molecule has 1 aliphatic heterocycles. The van der Waals surface area contributed by atoms with Crippen molar-refractivity contribution < 1.29 is 0 Å². The van der Waals surface area contributed by atoms with Crippen molar-refractivity contribution in [3.8, 4) is 0 Å². The molecule has 0 spiro atoms. The van der Waals surface area contributed by atoms with E-state index in [-0.39, 0.29) is 0 Å². The molecule has 0 saturated heterocycles. The molecule has 0 amide bonds. The van der Waals surface area contributed by atoms with E-state index in [0.29, 0.717) is 0 Å². The lowest BCUT2D eigenvalue weighted by molar-refractivity contribution is 0.663. The Kier molecular flexibility index (Phi) is 2.14. The van der Waals surface area contributed by atoms with E-state index in [0.717, 1.165) is 11.2 Å². The third-order valence-electron chi connectivity index (χ3n) is 2.64. The van der Waals surface area contributed by atoms with Crippen LogP contribution in [0.3, 0.4) is 0 Å². The van der Waals surface area contributed by atoms with Gasteiger partial charge in [-0.05, 0) is 24.0 Å². The van der Waals surface area contributed by atoms with Crippen molar-refractivity contribution >= 4 is 11.8 Å². The molecule has 64 valence electrons. The van der Waals surface area contributed by atoms with Gasteiger partial charge in [-0.2, -0.15) is 0 Å². The molecule has 1 aromatic carbocycles. The summed E-state index contributed by atoms with van der Waals surface area (Å²) in [5, 5.41) is 0.771. The molecule has 1 heteroatoms. The lowest BCUT2D eigenvalue weighted by atomic mass is 9.94. The van der Waals surface area contributed by atoms with Crippen LogP contribution in [0.5, 0.6) is 0 Å². The van der Waals surface area contributed by atoms with Gasteiger partial charge in [-0.1, -0.05) is 32.0 Å². The Morgan fingerprint density at radius 1 is 1.33 bits per heavy atom. The van der Waals surface area contributed by atoms with Gasteiger partial charge in [-0.15, -0.1) is 11.8 Å². The Hall–Kier alpha value is -0.430. The van der Waals surface area contributed by atoms with Gasteiger partial charge in [0.15, 0.2) is 0 Å². The molecule has 2 atom stereocenters. The van der Waals surface area contributed by atoms with Crippen LogP contribution in [0.25, 0.3) is 0 Å². The Bertz CT molecular complexity index is 280. The predicted molar refractivity (Wildman–Crippen MR) is 54.8 cm³/mol. The fourth-order valence-corrected chi connectivity index (χ4v) is 3.40. The first-order valence-corrected chi connectivity index (χ1v) is 5.46. The molecule has 2 unspecified atom stereocenters. The summed E-state index contributed by atoms with van der Waals surface area (Å²) < 4.78 is 0. The molecule has 0 aromatic heterocycles. The molecule has 0 bridgehead atoms. The Morgan fingerprint density at radius 3 is 2.83 bits per heavy atom. The minimum atomic E-state index is 0.771. The van der Waals surface area contributed by atoms with E-state index in [1.807, 2.05) is 11.8 Å². The van der Waals surface area contributed by atoms with Crippen LogP contribution in [0.15, 0.2) is 29.2 Å². The van der Waals surface area contributed by atoms with Crippen molar-refractivity contribution in [1.29, 1.82) is 0 Å². The Morgan fingerprint density at radius 2 is 2.08 bits per heavy atom. The van der Waals surface area contributed by atoms with Crippen LogP contribution in [-0.2, 0) is 0 Å². The second-order valence-corrected chi connectivity index (χ2v) is 4.79. The first-order chi connectivity index (χ1) is 5.83. The van der Waals surface area contributed by atoms with Crippen molar-refractivity contribution in [3.63, 3.8) is 0 Å². The molecule has 0 aliphatic carbocycles. The van der Waals surface area contributed by atoms with Crippen LogP contribution in [0.4, 0.5) is 0 Å². The summed E-state index contributed by atoms with van der Waals surface area (Å²) in [6.07, 6.45) is 1.27. The van der Waals surface area contributed by atoms with Gasteiger partial charge >= 0.3 is 0 Å². The highest BCUT2D eigenvalue weighted by atomic mass is 32.2. The molecule has 0 N–H and O–H groups in total. The van der Waals surface area contributed by atoms with Gasteiger partial charge in [0.2, 0.25) is 0 Å². The first-order valence-electron chi connectivity index (χ1n) is 4.58. The van der Waals surface area contributed by atoms with Crippen LogP contribution in [-0.4, -0.2) is 5.25 Å². The van der Waals surface area contributed by atoms with Gasteiger partial charge in [0.25, 0.3) is 0 Å². The highest BCUT2D eigenvalue weighted by molar-refractivity contribution is 8.00. The molecule has 0 saturated carbocycles. The maximum atomic E-state index is 2.33. The number of hydrogen-bond donors (Lipinski definition) is 0. The van der Waals surface area contributed by atoms with Crippen molar-refractivity contribution in [2.75, 3.05) is 0 Å². The van der Waals surface area contributed by atoms with Crippen molar-refractivity contribution in [2.45, 2.75) is 36.3 Å². The van der Waals surface area contributed by atoms with Gasteiger partial charge < -0.3 is 0 Å². The summed E-state index contributed by atoms with van der Waals surface area (Å²) in [4.78, 5) is 1.50. The van der Waals surface area contributed by atoms with Crippen LogP contribution in [0.2, 0.25) is 0 Å². The number of fused-ring (bicyclic) bond motifs is 1. The van der Waals surface area contributed by atoms with E-state index in [2.05, 4.69) is 38.1 Å². The fraction of sp³-hybridized carbons (Fsp3) is 0.455. The van der Waals surface area contributed by atoms with E-state index in [1.54, 1.807) is 5.56 Å². The number of benzene rings is 1. The van der Waals surface area contributed by atoms with Gasteiger partial charge in [-0.25, -0.2) is 0 Å². The highest BCUT2D eigenvalue weighted by Crippen LogP contribution is 2.46. The van der Waals surface area contributed by atoms with E-state index in [4.69, 9.17) is 0 Å². The van der Waals surface area contributed by atoms with Crippen LogP contribution < -0.4 is 0 Å². The van der Waals surface area contributed by atoms with Gasteiger partial charge in [0.1, 0.15) is 0 Å². The largest absolute Gasteiger partial charge is 0.122 e. The molecule has 1 aliphatic rings. The molecule has 12 heavy (non-hydrogen) atoms. The lowest BCUT2D eigenvalue weighted by Gasteiger charge is -2.11. The molecule has 0 radical (unpaired) electrons. The van der Waals surface area contributed by atoms with Crippen molar-refractivity contribution in [1.82, 2.24) is 0 Å². The van der Waals surface area contributed by atoms with Crippen LogP contribution in [0, 0.1) is 0 Å². The maximum Gasteiger partial charge on any atom is 0.0135 e. The summed E-state index contributed by atoms with van der Waals surface area (Å²) in [6, 6.07) is 8.81. The number of thioether (sulfide) groups is 1. The fourth-order valence-electron chi connectivity index (χ4n) is 1.98. The molecule has 1 heterocycles. The SMILES string of the molecule is CCC1c2ccccc2SC1C. The van der Waals surface area contributed by atoms with Crippen LogP contribution >= 0.6 is 11.8 Å². The Labute approximate surface area is 78.4 Å². The zero-order valence-electron chi connectivity index (χ0n) is 7.58. The van der Waals surface area contributed by atoms with Gasteiger partial charge in [0.05, 0.1) is 0 Å². The van der Waals surface area contributed by atoms with Crippen molar-refractivity contribution in [2.24, 2.45) is 0 Å². The lowest BCUT2D eigenvalue weighted by Crippen LogP contribution is -2.03. The smallest absolute Gasteiger partial charge is 0.0135 e. The van der Waals surface area contributed by atoms with E-state index >= 15 is 0 Å². The van der Waals surface area contributed by atoms with Gasteiger partial charge in [0, 0.05) is 10.1 Å². The maximum absolute atomic E-state index is 2.33. The van der Waals surface area contributed by atoms with E-state index in [1.165, 1.54) is 11.3 Å². The first kappa shape index (κ1) is 8.18. The summed E-state index contributed by atoms with van der Waals surface area (Å²) in [6.45, 7) is 4.61. The second kappa shape index (κ2) is 3.14. The summed E-state index contributed by atoms with van der Waals surface area (Å²) >= 11 is 2.02. The average Bonchev–Trinajstić information content (AvgIpc) is 2.40. The minimum Gasteiger partial charge on any atom is -0.122 e. The zero-order valence-corrected chi connectivity index (χ0v) is 8.40. The minimum absolute atomic E-state index is 0.771. The third-order valence-corrected chi connectivity index (χ3v) is 3.96. The predicted octanol–water partition coefficient (Wildman–Crippen LogP) is 3.67. The monoisotopic (exact) mass is 178 g/mol. The number of hydrogen-bond acceptors (Lipinski definition) is 1. The molecular formula is C11H14S. The molecular weight excluding hydrogens is 164 g/mol. The highest BCUT2D eigenvalue weighted by Gasteiger charge is 2.27. The van der Waals surface area contributed by atoms with Gasteiger partial charge in [-0.3, -0.25) is 0 Å².